The van der Waals surface area contributed by atoms with E-state index in [-0.39, 0.29) is 0 Å². The van der Waals surface area contributed by atoms with Crippen molar-refractivity contribution in [2.75, 3.05) is 6.54 Å². The van der Waals surface area contributed by atoms with Gasteiger partial charge in [0, 0.05) is 12.4 Å². The lowest BCUT2D eigenvalue weighted by molar-refractivity contribution is 0.275. The van der Waals surface area contributed by atoms with Crippen molar-refractivity contribution in [1.29, 1.82) is 0 Å². The van der Waals surface area contributed by atoms with Gasteiger partial charge in [-0.25, -0.2) is 9.97 Å². The standard InChI is InChI=1S/C17H27N3/c1-3-6-18-16(17-19-10-12(2)11-20-17)9-15-8-13-4-5-14(15)7-13/h10-11,13-16,18H,3-9H2,1-2H3. The van der Waals surface area contributed by atoms with Gasteiger partial charge >= 0.3 is 0 Å². The molecule has 4 unspecified atom stereocenters. The molecule has 0 aromatic carbocycles. The summed E-state index contributed by atoms with van der Waals surface area (Å²) < 4.78 is 0. The van der Waals surface area contributed by atoms with Gasteiger partial charge in [0.15, 0.2) is 0 Å². The van der Waals surface area contributed by atoms with Crippen molar-refractivity contribution in [3.8, 4) is 0 Å². The summed E-state index contributed by atoms with van der Waals surface area (Å²) in [5.41, 5.74) is 1.14. The van der Waals surface area contributed by atoms with Crippen LogP contribution in [-0.2, 0) is 0 Å². The molecule has 0 radical (unpaired) electrons. The number of hydrogen-bond donors (Lipinski definition) is 1. The number of hydrogen-bond acceptors (Lipinski definition) is 3. The maximum atomic E-state index is 4.56. The number of nitrogens with one attached hydrogen (secondary N) is 1. The number of rotatable bonds is 6. The predicted molar refractivity (Wildman–Crippen MR) is 81.4 cm³/mol. The zero-order valence-corrected chi connectivity index (χ0v) is 12.8. The van der Waals surface area contributed by atoms with Gasteiger partial charge in [0.2, 0.25) is 0 Å². The fourth-order valence-corrected chi connectivity index (χ4v) is 4.15. The van der Waals surface area contributed by atoms with Crippen molar-refractivity contribution in [1.82, 2.24) is 15.3 Å². The van der Waals surface area contributed by atoms with Gasteiger partial charge in [0.25, 0.3) is 0 Å². The summed E-state index contributed by atoms with van der Waals surface area (Å²) in [6.45, 7) is 5.33. The first-order chi connectivity index (χ1) is 9.76. The molecule has 20 heavy (non-hydrogen) atoms. The molecule has 1 heterocycles. The van der Waals surface area contributed by atoms with E-state index >= 15 is 0 Å². The molecule has 0 saturated heterocycles. The first-order valence-electron chi connectivity index (χ1n) is 8.28. The van der Waals surface area contributed by atoms with E-state index in [4.69, 9.17) is 0 Å². The summed E-state index contributed by atoms with van der Waals surface area (Å²) in [7, 11) is 0. The lowest BCUT2D eigenvalue weighted by Crippen LogP contribution is -2.27. The molecule has 1 N–H and O–H groups in total. The molecule has 2 bridgehead atoms. The van der Waals surface area contributed by atoms with Gasteiger partial charge in [-0.2, -0.15) is 0 Å². The molecule has 110 valence electrons. The molecule has 1 aromatic heterocycles. The van der Waals surface area contributed by atoms with Crippen LogP contribution in [0.1, 0.15) is 62.9 Å². The smallest absolute Gasteiger partial charge is 0.145 e. The maximum Gasteiger partial charge on any atom is 0.145 e. The average Bonchev–Trinajstić information content (AvgIpc) is 3.07. The van der Waals surface area contributed by atoms with Crippen molar-refractivity contribution < 1.29 is 0 Å². The highest BCUT2D eigenvalue weighted by Gasteiger charge is 2.40. The summed E-state index contributed by atoms with van der Waals surface area (Å²) in [6.07, 6.45) is 12.2. The van der Waals surface area contributed by atoms with Gasteiger partial charge < -0.3 is 5.32 Å². The zero-order chi connectivity index (χ0) is 13.9. The van der Waals surface area contributed by atoms with Crippen LogP contribution in [0.25, 0.3) is 0 Å². The Labute approximate surface area is 122 Å². The van der Waals surface area contributed by atoms with E-state index < -0.39 is 0 Å². The number of nitrogens with zero attached hydrogens (tertiary/aromatic N) is 2. The Morgan fingerprint density at radius 2 is 2.05 bits per heavy atom. The van der Waals surface area contributed by atoms with Crippen LogP contribution in [0, 0.1) is 24.7 Å². The quantitative estimate of drug-likeness (QED) is 0.859. The number of aryl methyl sites for hydroxylation is 1. The zero-order valence-electron chi connectivity index (χ0n) is 12.8. The van der Waals surface area contributed by atoms with Crippen molar-refractivity contribution in [2.45, 2.75) is 58.4 Å². The third-order valence-electron chi connectivity index (χ3n) is 5.18. The Morgan fingerprint density at radius 1 is 1.25 bits per heavy atom. The van der Waals surface area contributed by atoms with E-state index in [1.807, 2.05) is 19.3 Å². The molecular weight excluding hydrogens is 246 g/mol. The van der Waals surface area contributed by atoms with Crippen LogP contribution < -0.4 is 5.32 Å². The van der Waals surface area contributed by atoms with Gasteiger partial charge in [-0.05, 0) is 68.9 Å². The van der Waals surface area contributed by atoms with Crippen LogP contribution in [0.3, 0.4) is 0 Å². The summed E-state index contributed by atoms with van der Waals surface area (Å²) >= 11 is 0. The fourth-order valence-electron chi connectivity index (χ4n) is 4.15. The van der Waals surface area contributed by atoms with Crippen LogP contribution in [0.15, 0.2) is 12.4 Å². The first-order valence-corrected chi connectivity index (χ1v) is 8.28. The second-order valence-electron chi connectivity index (χ2n) is 6.80. The van der Waals surface area contributed by atoms with Crippen LogP contribution in [0.2, 0.25) is 0 Å². The molecule has 2 fully saturated rings. The summed E-state index contributed by atoms with van der Waals surface area (Å²) in [4.78, 5) is 9.12. The highest BCUT2D eigenvalue weighted by atomic mass is 15.0. The predicted octanol–water partition coefficient (Wildman–Crippen LogP) is 3.65. The van der Waals surface area contributed by atoms with Gasteiger partial charge in [-0.3, -0.25) is 0 Å². The molecule has 4 atom stereocenters. The van der Waals surface area contributed by atoms with Crippen LogP contribution in [0.5, 0.6) is 0 Å². The summed E-state index contributed by atoms with van der Waals surface area (Å²) in [6, 6.07) is 0.347. The molecule has 3 heteroatoms. The molecular formula is C17H27N3. The van der Waals surface area contributed by atoms with Crippen LogP contribution >= 0.6 is 0 Å². The normalized spacial score (nSPS) is 29.8. The first kappa shape index (κ1) is 14.0. The Morgan fingerprint density at radius 3 is 2.65 bits per heavy atom. The number of fused-ring (bicyclic) bond motifs is 2. The van der Waals surface area contributed by atoms with Gasteiger partial charge in [-0.15, -0.1) is 0 Å². The molecule has 0 amide bonds. The molecule has 2 aliphatic rings. The van der Waals surface area contributed by atoms with E-state index in [2.05, 4.69) is 22.2 Å². The van der Waals surface area contributed by atoms with Gasteiger partial charge in [0.05, 0.1) is 6.04 Å². The van der Waals surface area contributed by atoms with Crippen molar-refractivity contribution in [3.63, 3.8) is 0 Å². The topological polar surface area (TPSA) is 37.8 Å². The third kappa shape index (κ3) is 3.03. The highest BCUT2D eigenvalue weighted by molar-refractivity contribution is 5.05. The largest absolute Gasteiger partial charge is 0.307 e. The Kier molecular flexibility index (Phi) is 4.35. The lowest BCUT2D eigenvalue weighted by Gasteiger charge is -2.26. The lowest BCUT2D eigenvalue weighted by atomic mass is 9.84. The van der Waals surface area contributed by atoms with E-state index in [9.17, 15) is 0 Å². The monoisotopic (exact) mass is 273 g/mol. The molecule has 0 aliphatic heterocycles. The Balaban J connectivity index is 1.67. The minimum Gasteiger partial charge on any atom is -0.307 e. The molecule has 3 rings (SSSR count). The minimum absolute atomic E-state index is 0.347. The van der Waals surface area contributed by atoms with Gasteiger partial charge in [0.1, 0.15) is 5.82 Å². The van der Waals surface area contributed by atoms with Crippen molar-refractivity contribution >= 4 is 0 Å². The SMILES string of the molecule is CCCNC(CC1CC2CCC1C2)c1ncc(C)cn1. The van der Waals surface area contributed by atoms with Crippen molar-refractivity contribution in [2.24, 2.45) is 17.8 Å². The second kappa shape index (κ2) is 6.21. The second-order valence-corrected chi connectivity index (χ2v) is 6.80. The Bertz CT molecular complexity index is 428. The van der Waals surface area contributed by atoms with Gasteiger partial charge in [-0.1, -0.05) is 13.3 Å². The summed E-state index contributed by atoms with van der Waals surface area (Å²) in [5.74, 6) is 3.90. The van der Waals surface area contributed by atoms with Crippen LogP contribution in [-0.4, -0.2) is 16.5 Å². The average molecular weight is 273 g/mol. The third-order valence-corrected chi connectivity index (χ3v) is 5.18. The molecule has 2 saturated carbocycles. The van der Waals surface area contributed by atoms with E-state index in [1.54, 1.807) is 0 Å². The molecule has 0 spiro atoms. The highest BCUT2D eigenvalue weighted by Crippen LogP contribution is 2.50. The Hall–Kier alpha value is -0.960. The van der Waals surface area contributed by atoms with Crippen molar-refractivity contribution in [3.05, 3.63) is 23.8 Å². The maximum absolute atomic E-state index is 4.56. The molecule has 1 aromatic rings. The fraction of sp³-hybridized carbons (Fsp3) is 0.765. The molecule has 3 nitrogen and oxygen atoms in total. The van der Waals surface area contributed by atoms with E-state index in [0.717, 1.165) is 35.7 Å². The molecule has 2 aliphatic carbocycles. The van der Waals surface area contributed by atoms with E-state index in [0.29, 0.717) is 6.04 Å². The minimum atomic E-state index is 0.347. The number of aromatic nitrogens is 2. The summed E-state index contributed by atoms with van der Waals surface area (Å²) in [5, 5.41) is 3.67. The van der Waals surface area contributed by atoms with E-state index in [1.165, 1.54) is 38.5 Å². The van der Waals surface area contributed by atoms with Crippen LogP contribution in [0.4, 0.5) is 0 Å².